The molecule has 3 aromatic carbocycles. The van der Waals surface area contributed by atoms with Crippen molar-refractivity contribution in [1.82, 2.24) is 0 Å². The molecule has 4 nitrogen and oxygen atoms in total. The maximum Gasteiger partial charge on any atom is 0.282 e. The largest absolute Gasteiger partial charge is 0.494 e. The molecule has 1 heterocycles. The van der Waals surface area contributed by atoms with Gasteiger partial charge in [-0.3, -0.25) is 9.69 Å². The van der Waals surface area contributed by atoms with E-state index in [1.165, 1.54) is 0 Å². The first kappa shape index (κ1) is 20.6. The average Bonchev–Trinajstić information content (AvgIpc) is 3.07. The van der Waals surface area contributed by atoms with Crippen LogP contribution in [0, 0.1) is 0 Å². The fraction of sp³-hybridized carbons (Fsp3) is 0.0833. The number of hydrogen-bond acceptors (Lipinski definition) is 3. The minimum atomic E-state index is -0.167. The number of rotatable bonds is 5. The van der Waals surface area contributed by atoms with Gasteiger partial charge in [-0.2, -0.15) is 0 Å². The Morgan fingerprint density at radius 3 is 2.10 bits per heavy atom. The number of amidine groups is 1. The van der Waals surface area contributed by atoms with E-state index in [0.717, 1.165) is 31.5 Å². The van der Waals surface area contributed by atoms with E-state index in [0.29, 0.717) is 18.1 Å². The van der Waals surface area contributed by atoms with Gasteiger partial charge in [-0.1, -0.05) is 56.1 Å². The molecular formula is C24H18Br2N2O2. The molecule has 0 spiro atoms. The van der Waals surface area contributed by atoms with Crippen LogP contribution in [-0.2, 0) is 4.79 Å². The lowest BCUT2D eigenvalue weighted by molar-refractivity contribution is -0.113. The maximum absolute atomic E-state index is 13.3. The summed E-state index contributed by atoms with van der Waals surface area (Å²) in [5, 5.41) is 0. The molecular weight excluding hydrogens is 508 g/mol. The highest BCUT2D eigenvalue weighted by Gasteiger charge is 2.32. The van der Waals surface area contributed by atoms with Gasteiger partial charge in [0.25, 0.3) is 5.91 Å². The van der Waals surface area contributed by atoms with Gasteiger partial charge in [-0.15, -0.1) is 0 Å². The van der Waals surface area contributed by atoms with Crippen LogP contribution in [0.5, 0.6) is 5.75 Å². The molecule has 1 aliphatic rings. The van der Waals surface area contributed by atoms with Gasteiger partial charge in [0.15, 0.2) is 0 Å². The lowest BCUT2D eigenvalue weighted by Gasteiger charge is -2.19. The lowest BCUT2D eigenvalue weighted by atomic mass is 10.1. The van der Waals surface area contributed by atoms with Gasteiger partial charge >= 0.3 is 0 Å². The van der Waals surface area contributed by atoms with Crippen LogP contribution in [0.25, 0.3) is 6.08 Å². The minimum Gasteiger partial charge on any atom is -0.494 e. The Hall–Kier alpha value is -2.70. The Morgan fingerprint density at radius 1 is 0.900 bits per heavy atom. The third-order valence-electron chi connectivity index (χ3n) is 4.54. The van der Waals surface area contributed by atoms with Gasteiger partial charge in [0.1, 0.15) is 17.3 Å². The highest BCUT2D eigenvalue weighted by atomic mass is 79.9. The highest BCUT2D eigenvalue weighted by molar-refractivity contribution is 9.10. The Balaban J connectivity index is 1.76. The summed E-state index contributed by atoms with van der Waals surface area (Å²) in [5.41, 5.74) is 2.90. The van der Waals surface area contributed by atoms with Crippen LogP contribution in [-0.4, -0.2) is 18.3 Å². The molecule has 0 N–H and O–H groups in total. The summed E-state index contributed by atoms with van der Waals surface area (Å²) in [5.74, 6) is 1.20. The van der Waals surface area contributed by atoms with Gasteiger partial charge in [-0.25, -0.2) is 4.99 Å². The van der Waals surface area contributed by atoms with Gasteiger partial charge < -0.3 is 4.74 Å². The van der Waals surface area contributed by atoms with Crippen LogP contribution in [0.3, 0.4) is 0 Å². The molecule has 0 fully saturated rings. The Morgan fingerprint density at radius 2 is 1.50 bits per heavy atom. The summed E-state index contributed by atoms with van der Waals surface area (Å²) >= 11 is 6.90. The Labute approximate surface area is 192 Å². The number of nitrogens with zero attached hydrogens (tertiary/aromatic N) is 2. The summed E-state index contributed by atoms with van der Waals surface area (Å²) in [6.45, 7) is 2.53. The highest BCUT2D eigenvalue weighted by Crippen LogP contribution is 2.30. The van der Waals surface area contributed by atoms with Crippen LogP contribution in [0.1, 0.15) is 18.1 Å². The standard InChI is InChI=1S/C24H18Br2N2O2/c1-2-30-21-13-11-20(12-14-21)28-23(17-5-9-19(26)10-6-17)27-22(24(28)29)15-16-3-7-18(25)8-4-16/h3-15H,2H2,1H3/b22-15+. The lowest BCUT2D eigenvalue weighted by Crippen LogP contribution is -2.32. The fourth-order valence-corrected chi connectivity index (χ4v) is 3.65. The summed E-state index contributed by atoms with van der Waals surface area (Å²) in [4.78, 5) is 19.7. The third-order valence-corrected chi connectivity index (χ3v) is 5.60. The van der Waals surface area contributed by atoms with Crippen molar-refractivity contribution in [2.75, 3.05) is 11.5 Å². The van der Waals surface area contributed by atoms with Gasteiger partial charge in [0.05, 0.1) is 12.3 Å². The molecule has 0 aromatic heterocycles. The summed E-state index contributed by atoms with van der Waals surface area (Å²) < 4.78 is 7.48. The van der Waals surface area contributed by atoms with Crippen molar-refractivity contribution in [3.63, 3.8) is 0 Å². The SMILES string of the molecule is CCOc1ccc(N2C(=O)/C(=C\c3ccc(Br)cc3)N=C2c2ccc(Br)cc2)cc1. The van der Waals surface area contributed by atoms with Crippen molar-refractivity contribution in [1.29, 1.82) is 0 Å². The van der Waals surface area contributed by atoms with Gasteiger partial charge in [0.2, 0.25) is 0 Å². The summed E-state index contributed by atoms with van der Waals surface area (Å²) in [6, 6.07) is 23.0. The van der Waals surface area contributed by atoms with Crippen LogP contribution in [0.4, 0.5) is 5.69 Å². The minimum absolute atomic E-state index is 0.167. The molecule has 1 aliphatic heterocycles. The van der Waals surface area contributed by atoms with Crippen molar-refractivity contribution in [3.05, 3.63) is 98.6 Å². The monoisotopic (exact) mass is 524 g/mol. The van der Waals surface area contributed by atoms with Gasteiger partial charge in [-0.05, 0) is 67.1 Å². The maximum atomic E-state index is 13.3. The number of carbonyl (C=O) groups excluding carboxylic acids is 1. The first-order chi connectivity index (χ1) is 14.5. The third kappa shape index (κ3) is 4.40. The molecule has 150 valence electrons. The zero-order chi connectivity index (χ0) is 21.1. The molecule has 0 aliphatic carbocycles. The Kier molecular flexibility index (Phi) is 6.16. The van der Waals surface area contributed by atoms with E-state index in [2.05, 4.69) is 31.9 Å². The van der Waals surface area contributed by atoms with Crippen LogP contribution < -0.4 is 9.64 Å². The second kappa shape index (κ2) is 8.98. The number of benzene rings is 3. The number of aliphatic imine (C=N–C) groups is 1. The number of ether oxygens (including phenoxy) is 1. The zero-order valence-electron chi connectivity index (χ0n) is 16.2. The molecule has 0 saturated heterocycles. The van der Waals surface area contributed by atoms with Crippen LogP contribution >= 0.6 is 31.9 Å². The molecule has 3 aromatic rings. The normalized spacial score (nSPS) is 14.9. The van der Waals surface area contributed by atoms with Crippen molar-refractivity contribution in [3.8, 4) is 5.75 Å². The van der Waals surface area contributed by atoms with Gasteiger partial charge in [0, 0.05) is 14.5 Å². The number of halogens is 2. The van der Waals surface area contributed by atoms with E-state index >= 15 is 0 Å². The predicted molar refractivity (Wildman–Crippen MR) is 128 cm³/mol. The topological polar surface area (TPSA) is 41.9 Å². The van der Waals surface area contributed by atoms with Crippen molar-refractivity contribution >= 4 is 55.4 Å². The molecule has 1 amide bonds. The van der Waals surface area contributed by atoms with Crippen LogP contribution in [0.2, 0.25) is 0 Å². The van der Waals surface area contributed by atoms with E-state index in [1.807, 2.05) is 85.8 Å². The molecule has 4 rings (SSSR count). The van der Waals surface area contributed by atoms with E-state index in [9.17, 15) is 4.79 Å². The number of carbonyl (C=O) groups is 1. The summed E-state index contributed by atoms with van der Waals surface area (Å²) in [6.07, 6.45) is 1.81. The van der Waals surface area contributed by atoms with Crippen molar-refractivity contribution in [2.45, 2.75) is 6.92 Å². The first-order valence-electron chi connectivity index (χ1n) is 9.44. The van der Waals surface area contributed by atoms with E-state index in [1.54, 1.807) is 4.90 Å². The van der Waals surface area contributed by atoms with Crippen molar-refractivity contribution < 1.29 is 9.53 Å². The first-order valence-corrected chi connectivity index (χ1v) is 11.0. The van der Waals surface area contributed by atoms with Crippen LogP contribution in [0.15, 0.2) is 92.4 Å². The zero-order valence-corrected chi connectivity index (χ0v) is 19.4. The molecule has 0 unspecified atom stereocenters. The second-order valence-corrected chi connectivity index (χ2v) is 8.42. The molecule has 30 heavy (non-hydrogen) atoms. The van der Waals surface area contributed by atoms with Crippen molar-refractivity contribution in [2.24, 2.45) is 4.99 Å². The second-order valence-electron chi connectivity index (χ2n) is 6.59. The number of anilines is 1. The molecule has 0 saturated carbocycles. The van der Waals surface area contributed by atoms with E-state index in [-0.39, 0.29) is 5.91 Å². The fourth-order valence-electron chi connectivity index (χ4n) is 3.12. The number of hydrogen-bond donors (Lipinski definition) is 0. The van der Waals surface area contributed by atoms with E-state index < -0.39 is 0 Å². The number of amides is 1. The quantitative estimate of drug-likeness (QED) is 0.359. The smallest absolute Gasteiger partial charge is 0.282 e. The predicted octanol–water partition coefficient (Wildman–Crippen LogP) is 6.44. The molecule has 6 heteroatoms. The molecule has 0 atom stereocenters. The average molecular weight is 526 g/mol. The Bertz CT molecular complexity index is 1120. The summed E-state index contributed by atoms with van der Waals surface area (Å²) in [7, 11) is 0. The molecule has 0 bridgehead atoms. The van der Waals surface area contributed by atoms with E-state index in [4.69, 9.17) is 9.73 Å². The molecule has 0 radical (unpaired) electrons.